The average Bonchev–Trinajstić information content (AvgIpc) is 2.37. The second-order valence-corrected chi connectivity index (χ2v) is 5.37. The predicted octanol–water partition coefficient (Wildman–Crippen LogP) is 1.90. The van der Waals surface area contributed by atoms with Crippen LogP contribution in [0.4, 0.5) is 5.82 Å². The van der Waals surface area contributed by atoms with Crippen LogP contribution in [0.1, 0.15) is 40.3 Å². The van der Waals surface area contributed by atoms with Crippen molar-refractivity contribution < 1.29 is 9.53 Å². The Morgan fingerprint density at radius 2 is 2.15 bits per heavy atom. The summed E-state index contributed by atoms with van der Waals surface area (Å²) >= 11 is 0. The van der Waals surface area contributed by atoms with Gasteiger partial charge in [0.2, 0.25) is 0 Å². The second kappa shape index (κ2) is 6.33. The Bertz CT molecular complexity index is 517. The average molecular weight is 276 g/mol. The lowest BCUT2D eigenvalue weighted by molar-refractivity contribution is -0.156. The maximum atomic E-state index is 12.1. The van der Waals surface area contributed by atoms with E-state index in [1.807, 2.05) is 33.8 Å². The molecule has 6 nitrogen and oxygen atoms in total. The summed E-state index contributed by atoms with van der Waals surface area (Å²) in [7, 11) is 0. The van der Waals surface area contributed by atoms with Crippen LogP contribution in [0.5, 0.6) is 0 Å². The number of carbonyl (C=O) groups is 1. The fraction of sp³-hybridized carbons (Fsp3) is 0.571. The Morgan fingerprint density at radius 3 is 2.65 bits per heavy atom. The van der Waals surface area contributed by atoms with Gasteiger partial charge in [0.1, 0.15) is 23.5 Å². The molecule has 1 unspecified atom stereocenters. The molecule has 0 N–H and O–H groups in total. The molecule has 1 aromatic rings. The van der Waals surface area contributed by atoms with Crippen LogP contribution in [-0.2, 0) is 9.53 Å². The zero-order chi connectivity index (χ0) is 15.3. The summed E-state index contributed by atoms with van der Waals surface area (Å²) in [6, 6.07) is 1.44. The number of likely N-dealkylation sites (N-methyl/N-ethyl adjacent to an activating group) is 1. The Hall–Kier alpha value is -2.16. The quantitative estimate of drug-likeness (QED) is 0.781. The Kier molecular flexibility index (Phi) is 5.03. The second-order valence-electron chi connectivity index (χ2n) is 5.37. The van der Waals surface area contributed by atoms with E-state index in [2.05, 4.69) is 9.97 Å². The van der Waals surface area contributed by atoms with Crippen LogP contribution in [0.3, 0.4) is 0 Å². The third-order valence-electron chi connectivity index (χ3n) is 2.59. The van der Waals surface area contributed by atoms with E-state index in [1.54, 1.807) is 11.8 Å². The van der Waals surface area contributed by atoms with Gasteiger partial charge in [-0.15, -0.1) is 0 Å². The highest BCUT2D eigenvalue weighted by Gasteiger charge is 2.27. The molecule has 0 aromatic carbocycles. The number of esters is 1. The molecule has 0 saturated heterocycles. The fourth-order valence-corrected chi connectivity index (χ4v) is 1.70. The summed E-state index contributed by atoms with van der Waals surface area (Å²) in [5.41, 5.74) is -0.317. The van der Waals surface area contributed by atoms with Crippen LogP contribution in [-0.4, -0.2) is 34.1 Å². The maximum Gasteiger partial charge on any atom is 0.329 e. The minimum absolute atomic E-state index is 0.220. The van der Waals surface area contributed by atoms with E-state index in [9.17, 15) is 4.79 Å². The summed E-state index contributed by atoms with van der Waals surface area (Å²) in [5, 5.41) is 8.85. The monoisotopic (exact) mass is 276 g/mol. The van der Waals surface area contributed by atoms with Crippen LogP contribution in [0, 0.1) is 11.3 Å². The smallest absolute Gasteiger partial charge is 0.329 e. The van der Waals surface area contributed by atoms with E-state index in [0.717, 1.165) is 0 Å². The van der Waals surface area contributed by atoms with Gasteiger partial charge < -0.3 is 9.64 Å². The first-order chi connectivity index (χ1) is 9.28. The molecule has 0 aliphatic rings. The molecule has 0 amide bonds. The molecule has 0 aliphatic heterocycles. The number of anilines is 1. The minimum Gasteiger partial charge on any atom is -0.458 e. The van der Waals surface area contributed by atoms with Gasteiger partial charge in [0.25, 0.3) is 0 Å². The van der Waals surface area contributed by atoms with Gasteiger partial charge in [0.05, 0.1) is 12.4 Å². The molecular formula is C14H20N4O2. The number of rotatable bonds is 4. The minimum atomic E-state index is -0.537. The number of nitriles is 1. The van der Waals surface area contributed by atoms with E-state index in [0.29, 0.717) is 12.4 Å². The number of aromatic nitrogens is 2. The molecule has 20 heavy (non-hydrogen) atoms. The molecule has 0 radical (unpaired) electrons. The fourth-order valence-electron chi connectivity index (χ4n) is 1.70. The normalized spacial score (nSPS) is 12.4. The summed E-state index contributed by atoms with van der Waals surface area (Å²) in [6.45, 7) is 9.68. The number of hydrogen-bond donors (Lipinski definition) is 0. The number of carbonyl (C=O) groups excluding carboxylic acids is 1. The summed E-state index contributed by atoms with van der Waals surface area (Å²) in [4.78, 5) is 22.0. The van der Waals surface area contributed by atoms with Crippen molar-refractivity contribution in [2.75, 3.05) is 11.4 Å². The Balaban J connectivity index is 2.95. The van der Waals surface area contributed by atoms with E-state index in [1.165, 1.54) is 12.4 Å². The van der Waals surface area contributed by atoms with Crippen LogP contribution in [0.2, 0.25) is 0 Å². The first-order valence-electron chi connectivity index (χ1n) is 6.50. The van der Waals surface area contributed by atoms with Gasteiger partial charge >= 0.3 is 5.97 Å². The standard InChI is InChI=1S/C14H20N4O2/c1-6-18(10(2)13(19)20-14(3,4)5)12-9-16-8-11(7-15)17-12/h8-10H,6H2,1-5H3. The van der Waals surface area contributed by atoms with Crippen LogP contribution in [0.25, 0.3) is 0 Å². The van der Waals surface area contributed by atoms with Gasteiger partial charge in [-0.25, -0.2) is 9.78 Å². The van der Waals surface area contributed by atoms with Gasteiger partial charge in [-0.3, -0.25) is 4.98 Å². The summed E-state index contributed by atoms with van der Waals surface area (Å²) < 4.78 is 5.37. The first-order valence-corrected chi connectivity index (χ1v) is 6.50. The van der Waals surface area contributed by atoms with Gasteiger partial charge in [-0.2, -0.15) is 5.26 Å². The molecule has 1 atom stereocenters. The zero-order valence-electron chi connectivity index (χ0n) is 12.5. The van der Waals surface area contributed by atoms with Crippen molar-refractivity contribution in [2.45, 2.75) is 46.3 Å². The van der Waals surface area contributed by atoms with Crippen molar-refractivity contribution in [2.24, 2.45) is 0 Å². The molecule has 1 heterocycles. The van der Waals surface area contributed by atoms with Gasteiger partial charge in [-0.1, -0.05) is 0 Å². The molecule has 0 spiro atoms. The molecular weight excluding hydrogens is 256 g/mol. The lowest BCUT2D eigenvalue weighted by Gasteiger charge is -2.30. The molecule has 6 heteroatoms. The van der Waals surface area contributed by atoms with E-state index < -0.39 is 11.6 Å². The topological polar surface area (TPSA) is 79.1 Å². The first kappa shape index (κ1) is 15.9. The summed E-state index contributed by atoms with van der Waals surface area (Å²) in [5.74, 6) is 0.161. The highest BCUT2D eigenvalue weighted by Crippen LogP contribution is 2.16. The van der Waals surface area contributed by atoms with Crippen LogP contribution in [0.15, 0.2) is 12.4 Å². The number of hydrogen-bond acceptors (Lipinski definition) is 6. The molecule has 0 bridgehead atoms. The molecule has 1 aromatic heterocycles. The summed E-state index contributed by atoms with van der Waals surface area (Å²) in [6.07, 6.45) is 2.92. The van der Waals surface area contributed by atoms with Gasteiger partial charge in [0.15, 0.2) is 5.69 Å². The molecule has 0 fully saturated rings. The number of ether oxygens (including phenoxy) is 1. The third kappa shape index (κ3) is 4.19. The van der Waals surface area contributed by atoms with Crippen molar-refractivity contribution in [3.05, 3.63) is 18.1 Å². The van der Waals surface area contributed by atoms with E-state index >= 15 is 0 Å². The lowest BCUT2D eigenvalue weighted by atomic mass is 10.2. The number of nitrogens with zero attached hydrogens (tertiary/aromatic N) is 4. The highest BCUT2D eigenvalue weighted by atomic mass is 16.6. The van der Waals surface area contributed by atoms with Gasteiger partial charge in [0, 0.05) is 6.54 Å². The van der Waals surface area contributed by atoms with E-state index in [4.69, 9.17) is 10.00 Å². The van der Waals surface area contributed by atoms with Crippen LogP contribution >= 0.6 is 0 Å². The highest BCUT2D eigenvalue weighted by molar-refractivity contribution is 5.79. The van der Waals surface area contributed by atoms with Gasteiger partial charge in [-0.05, 0) is 34.6 Å². The van der Waals surface area contributed by atoms with Crippen molar-refractivity contribution in [3.63, 3.8) is 0 Å². The Morgan fingerprint density at radius 1 is 1.50 bits per heavy atom. The lowest BCUT2D eigenvalue weighted by Crippen LogP contribution is -2.43. The maximum absolute atomic E-state index is 12.1. The largest absolute Gasteiger partial charge is 0.458 e. The molecule has 0 aliphatic carbocycles. The SMILES string of the molecule is CCN(c1cncc(C#N)n1)C(C)C(=O)OC(C)(C)C. The molecule has 108 valence electrons. The van der Waals surface area contributed by atoms with Crippen molar-refractivity contribution in [1.29, 1.82) is 5.26 Å². The van der Waals surface area contributed by atoms with Crippen molar-refractivity contribution in [1.82, 2.24) is 9.97 Å². The zero-order valence-corrected chi connectivity index (χ0v) is 12.5. The molecule has 0 saturated carbocycles. The van der Waals surface area contributed by atoms with Crippen LogP contribution < -0.4 is 4.90 Å². The van der Waals surface area contributed by atoms with Crippen molar-refractivity contribution >= 4 is 11.8 Å². The van der Waals surface area contributed by atoms with E-state index in [-0.39, 0.29) is 11.7 Å². The van der Waals surface area contributed by atoms with Crippen molar-refractivity contribution in [3.8, 4) is 6.07 Å². The molecule has 1 rings (SSSR count). The predicted molar refractivity (Wildman–Crippen MR) is 75.1 cm³/mol. The Labute approximate surface area is 119 Å². The third-order valence-corrected chi connectivity index (χ3v) is 2.59.